The summed E-state index contributed by atoms with van der Waals surface area (Å²) in [7, 11) is 0. The second kappa shape index (κ2) is 3.74. The minimum absolute atomic E-state index is 0.00264. The Labute approximate surface area is 76.5 Å². The van der Waals surface area contributed by atoms with Crippen molar-refractivity contribution in [3.05, 3.63) is 0 Å². The summed E-state index contributed by atoms with van der Waals surface area (Å²) in [6.45, 7) is 1.45. The lowest BCUT2D eigenvalue weighted by molar-refractivity contribution is -0.139. The van der Waals surface area contributed by atoms with Crippen LogP contribution in [0.2, 0.25) is 0 Å². The third-order valence-electron chi connectivity index (χ3n) is 2.38. The number of rotatable bonds is 3. The second-order valence-corrected chi connectivity index (χ2v) is 3.29. The van der Waals surface area contributed by atoms with Gasteiger partial charge in [0.2, 0.25) is 11.8 Å². The molecule has 0 aromatic rings. The summed E-state index contributed by atoms with van der Waals surface area (Å²) >= 11 is 0. The molecule has 2 amide bonds. The highest BCUT2D eigenvalue weighted by molar-refractivity contribution is 5.88. The lowest BCUT2D eigenvalue weighted by atomic mass is 10.2. The monoisotopic (exact) mass is 186 g/mol. The number of nitrogens with two attached hydrogens (primary N) is 1. The zero-order chi connectivity index (χ0) is 10.0. The molecule has 0 spiro atoms. The molecule has 0 saturated carbocycles. The fourth-order valence-electron chi connectivity index (χ4n) is 1.64. The highest BCUT2D eigenvalue weighted by Crippen LogP contribution is 2.20. The molecule has 1 rings (SSSR count). The van der Waals surface area contributed by atoms with E-state index < -0.39 is 18.6 Å². The Hall–Kier alpha value is -1.10. The molecule has 5 nitrogen and oxygen atoms in total. The number of aliphatic hydroxyl groups is 1. The molecule has 0 aliphatic carbocycles. The van der Waals surface area contributed by atoms with Crippen LogP contribution < -0.4 is 5.73 Å². The van der Waals surface area contributed by atoms with Crippen molar-refractivity contribution < 1.29 is 14.7 Å². The normalized spacial score (nSPS) is 24.9. The number of likely N-dealkylation sites (tertiary alicyclic amines) is 1. The van der Waals surface area contributed by atoms with E-state index in [4.69, 9.17) is 10.8 Å². The predicted octanol–water partition coefficient (Wildman–Crippen LogP) is -1.16. The number of aliphatic hydroxyl groups excluding tert-OH is 1. The van der Waals surface area contributed by atoms with Crippen molar-refractivity contribution in [2.24, 2.45) is 5.73 Å². The van der Waals surface area contributed by atoms with Crippen LogP contribution in [0.15, 0.2) is 0 Å². The van der Waals surface area contributed by atoms with E-state index in [1.165, 1.54) is 4.90 Å². The minimum atomic E-state index is -0.856. The highest BCUT2D eigenvalue weighted by Gasteiger charge is 2.35. The van der Waals surface area contributed by atoms with E-state index in [2.05, 4.69) is 0 Å². The van der Waals surface area contributed by atoms with E-state index in [1.54, 1.807) is 0 Å². The minimum Gasteiger partial charge on any atom is -0.394 e. The number of hydrogen-bond donors (Lipinski definition) is 2. The number of carbonyl (C=O) groups is 2. The molecule has 0 bridgehead atoms. The molecule has 74 valence electrons. The molecule has 13 heavy (non-hydrogen) atoms. The van der Waals surface area contributed by atoms with Crippen molar-refractivity contribution in [2.45, 2.75) is 31.8 Å². The summed E-state index contributed by atoms with van der Waals surface area (Å²) in [6, 6.07) is -0.859. The van der Waals surface area contributed by atoms with Crippen LogP contribution >= 0.6 is 0 Å². The summed E-state index contributed by atoms with van der Waals surface area (Å²) in [5, 5.41) is 8.90. The molecule has 2 atom stereocenters. The Bertz CT molecular complexity index is 229. The van der Waals surface area contributed by atoms with E-state index in [0.29, 0.717) is 6.42 Å². The molecule has 2 unspecified atom stereocenters. The second-order valence-electron chi connectivity index (χ2n) is 3.29. The summed E-state index contributed by atoms with van der Waals surface area (Å²) in [5.41, 5.74) is 5.06. The van der Waals surface area contributed by atoms with E-state index in [-0.39, 0.29) is 11.9 Å². The molecule has 5 heteroatoms. The number of amides is 2. The van der Waals surface area contributed by atoms with Gasteiger partial charge in [-0.15, -0.1) is 0 Å². The maximum absolute atomic E-state index is 11.3. The van der Waals surface area contributed by atoms with Gasteiger partial charge in [-0.2, -0.15) is 0 Å². The first-order chi connectivity index (χ1) is 6.07. The summed E-state index contributed by atoms with van der Waals surface area (Å²) in [6.07, 6.45) is 1.16. The van der Waals surface area contributed by atoms with Gasteiger partial charge in [-0.05, 0) is 13.3 Å². The lowest BCUT2D eigenvalue weighted by Gasteiger charge is -2.27. The summed E-state index contributed by atoms with van der Waals surface area (Å²) in [5.74, 6) is -0.755. The van der Waals surface area contributed by atoms with Crippen molar-refractivity contribution in [3.8, 4) is 0 Å². The first-order valence-corrected chi connectivity index (χ1v) is 4.29. The van der Waals surface area contributed by atoms with Crippen LogP contribution in [0.25, 0.3) is 0 Å². The maximum Gasteiger partial charge on any atom is 0.242 e. The standard InChI is InChI=1S/C8H14N2O3/c1-5-2-3-7(12)10(5)6(4-11)8(9)13/h5-6,11H,2-4H2,1H3,(H2,9,13). The molecule has 0 aromatic carbocycles. The van der Waals surface area contributed by atoms with E-state index in [0.717, 1.165) is 6.42 Å². The van der Waals surface area contributed by atoms with Crippen LogP contribution in [0.1, 0.15) is 19.8 Å². The van der Waals surface area contributed by atoms with Crippen molar-refractivity contribution in [3.63, 3.8) is 0 Å². The van der Waals surface area contributed by atoms with Crippen LogP contribution in [0, 0.1) is 0 Å². The molecule has 0 radical (unpaired) electrons. The molecule has 0 aromatic heterocycles. The zero-order valence-corrected chi connectivity index (χ0v) is 7.56. The Morgan fingerprint density at radius 2 is 2.46 bits per heavy atom. The SMILES string of the molecule is CC1CCC(=O)N1C(CO)C(N)=O. The predicted molar refractivity (Wildman–Crippen MR) is 45.6 cm³/mol. The van der Waals surface area contributed by atoms with Crippen LogP contribution in [-0.2, 0) is 9.59 Å². The highest BCUT2D eigenvalue weighted by atomic mass is 16.3. The quantitative estimate of drug-likeness (QED) is 0.583. The van der Waals surface area contributed by atoms with E-state index in [1.807, 2.05) is 6.92 Å². The molecule has 1 fully saturated rings. The molecular formula is C8H14N2O3. The van der Waals surface area contributed by atoms with Crippen molar-refractivity contribution in [1.82, 2.24) is 4.90 Å². The Kier molecular flexibility index (Phi) is 2.87. The molecule has 3 N–H and O–H groups in total. The first-order valence-electron chi connectivity index (χ1n) is 4.29. The lowest BCUT2D eigenvalue weighted by Crippen LogP contribution is -2.50. The van der Waals surface area contributed by atoms with Crippen LogP contribution in [0.3, 0.4) is 0 Å². The molecular weight excluding hydrogens is 172 g/mol. The van der Waals surface area contributed by atoms with Gasteiger partial charge in [0.1, 0.15) is 6.04 Å². The van der Waals surface area contributed by atoms with E-state index >= 15 is 0 Å². The van der Waals surface area contributed by atoms with Gasteiger partial charge in [0, 0.05) is 12.5 Å². The van der Waals surface area contributed by atoms with Crippen molar-refractivity contribution in [2.75, 3.05) is 6.61 Å². The number of carbonyl (C=O) groups excluding carboxylic acids is 2. The number of nitrogens with zero attached hydrogens (tertiary/aromatic N) is 1. The van der Waals surface area contributed by atoms with Gasteiger partial charge in [0.25, 0.3) is 0 Å². The fourth-order valence-corrected chi connectivity index (χ4v) is 1.64. The third-order valence-corrected chi connectivity index (χ3v) is 2.38. The Morgan fingerprint density at radius 1 is 1.85 bits per heavy atom. The van der Waals surface area contributed by atoms with Gasteiger partial charge in [-0.25, -0.2) is 0 Å². The fraction of sp³-hybridized carbons (Fsp3) is 0.750. The number of primary amides is 1. The Balaban J connectivity index is 2.77. The summed E-state index contributed by atoms with van der Waals surface area (Å²) in [4.78, 5) is 23.6. The van der Waals surface area contributed by atoms with Gasteiger partial charge >= 0.3 is 0 Å². The van der Waals surface area contributed by atoms with Crippen molar-refractivity contribution in [1.29, 1.82) is 0 Å². The van der Waals surface area contributed by atoms with Gasteiger partial charge in [-0.3, -0.25) is 9.59 Å². The van der Waals surface area contributed by atoms with Gasteiger partial charge in [0.05, 0.1) is 6.61 Å². The van der Waals surface area contributed by atoms with Gasteiger partial charge < -0.3 is 15.7 Å². The molecule has 1 aliphatic rings. The average Bonchev–Trinajstić information content (AvgIpc) is 2.36. The van der Waals surface area contributed by atoms with Crippen molar-refractivity contribution >= 4 is 11.8 Å². The third kappa shape index (κ3) is 1.80. The largest absolute Gasteiger partial charge is 0.394 e. The maximum atomic E-state index is 11.3. The Morgan fingerprint density at radius 3 is 2.77 bits per heavy atom. The van der Waals surface area contributed by atoms with Gasteiger partial charge in [0.15, 0.2) is 0 Å². The molecule has 1 aliphatic heterocycles. The average molecular weight is 186 g/mol. The summed E-state index contributed by atoms with van der Waals surface area (Å²) < 4.78 is 0. The first kappa shape index (κ1) is 9.98. The van der Waals surface area contributed by atoms with Crippen LogP contribution in [-0.4, -0.2) is 40.5 Å². The van der Waals surface area contributed by atoms with Gasteiger partial charge in [-0.1, -0.05) is 0 Å². The van der Waals surface area contributed by atoms with Crippen LogP contribution in [0.4, 0.5) is 0 Å². The molecule has 1 saturated heterocycles. The topological polar surface area (TPSA) is 83.6 Å². The number of hydrogen-bond acceptors (Lipinski definition) is 3. The zero-order valence-electron chi connectivity index (χ0n) is 7.56. The van der Waals surface area contributed by atoms with E-state index in [9.17, 15) is 9.59 Å². The molecule has 1 heterocycles. The van der Waals surface area contributed by atoms with Crippen LogP contribution in [0.5, 0.6) is 0 Å². The smallest absolute Gasteiger partial charge is 0.242 e.